The van der Waals surface area contributed by atoms with E-state index in [9.17, 15) is 0 Å². The minimum absolute atomic E-state index is 0.188. The minimum atomic E-state index is 0.188. The molecular weight excluding hydrogens is 266 g/mol. The van der Waals surface area contributed by atoms with E-state index in [4.69, 9.17) is 5.73 Å². The first kappa shape index (κ1) is 13.8. The van der Waals surface area contributed by atoms with Crippen molar-refractivity contribution < 1.29 is 0 Å². The maximum Gasteiger partial charge on any atom is 0.0942 e. The lowest BCUT2D eigenvalue weighted by atomic mass is 9.74. The average molecular weight is 289 g/mol. The zero-order chi connectivity index (χ0) is 14.3. The fraction of sp³-hybridized carbons (Fsp3) is 0.562. The fourth-order valence-corrected chi connectivity index (χ4v) is 4.01. The summed E-state index contributed by atoms with van der Waals surface area (Å²) in [4.78, 5) is 4.38. The summed E-state index contributed by atoms with van der Waals surface area (Å²) < 4.78 is 2.46. The van der Waals surface area contributed by atoms with Crippen LogP contribution in [0.5, 0.6) is 0 Å². The molecule has 0 aliphatic heterocycles. The molecule has 2 aromatic heterocycles. The Kier molecular flexibility index (Phi) is 3.46. The SMILES string of the molecule is Cc1cc2c(n1CCc1nccs1)CC(C)(C)CC2N. The number of hydrogen-bond donors (Lipinski definition) is 1. The third-order valence-corrected chi connectivity index (χ3v) is 5.14. The predicted octanol–water partition coefficient (Wildman–Crippen LogP) is 3.47. The number of thiazole rings is 1. The fourth-order valence-electron chi connectivity index (χ4n) is 3.40. The van der Waals surface area contributed by atoms with Crippen molar-refractivity contribution in [1.82, 2.24) is 9.55 Å². The van der Waals surface area contributed by atoms with Crippen LogP contribution in [0.1, 0.15) is 48.3 Å². The van der Waals surface area contributed by atoms with Gasteiger partial charge in [-0.15, -0.1) is 11.3 Å². The molecule has 0 amide bonds. The van der Waals surface area contributed by atoms with Crippen molar-refractivity contribution in [3.8, 4) is 0 Å². The molecule has 2 heterocycles. The van der Waals surface area contributed by atoms with Crippen molar-refractivity contribution in [3.63, 3.8) is 0 Å². The van der Waals surface area contributed by atoms with Crippen LogP contribution in [0.25, 0.3) is 0 Å². The first-order chi connectivity index (χ1) is 9.46. The number of hydrogen-bond acceptors (Lipinski definition) is 3. The van der Waals surface area contributed by atoms with E-state index in [-0.39, 0.29) is 6.04 Å². The van der Waals surface area contributed by atoms with E-state index >= 15 is 0 Å². The third kappa shape index (κ3) is 2.54. The largest absolute Gasteiger partial charge is 0.348 e. The lowest BCUT2D eigenvalue weighted by Crippen LogP contribution is -2.30. The first-order valence-electron chi connectivity index (χ1n) is 7.29. The van der Waals surface area contributed by atoms with Crippen molar-refractivity contribution in [2.75, 3.05) is 0 Å². The van der Waals surface area contributed by atoms with Crippen LogP contribution in [-0.2, 0) is 19.4 Å². The molecule has 1 aliphatic carbocycles. The van der Waals surface area contributed by atoms with Gasteiger partial charge in [0, 0.05) is 42.0 Å². The molecule has 0 spiro atoms. The molecule has 20 heavy (non-hydrogen) atoms. The molecule has 0 saturated heterocycles. The van der Waals surface area contributed by atoms with Crippen LogP contribution in [0.15, 0.2) is 17.6 Å². The smallest absolute Gasteiger partial charge is 0.0942 e. The van der Waals surface area contributed by atoms with Gasteiger partial charge in [-0.1, -0.05) is 13.8 Å². The number of nitrogens with two attached hydrogens (primary N) is 1. The van der Waals surface area contributed by atoms with E-state index in [1.165, 1.54) is 22.0 Å². The number of rotatable bonds is 3. The van der Waals surface area contributed by atoms with Gasteiger partial charge < -0.3 is 10.3 Å². The molecule has 0 saturated carbocycles. The van der Waals surface area contributed by atoms with Crippen LogP contribution in [-0.4, -0.2) is 9.55 Å². The Morgan fingerprint density at radius 3 is 3.00 bits per heavy atom. The van der Waals surface area contributed by atoms with E-state index in [1.807, 2.05) is 11.6 Å². The summed E-state index contributed by atoms with van der Waals surface area (Å²) in [7, 11) is 0. The molecule has 0 aromatic carbocycles. The van der Waals surface area contributed by atoms with Crippen molar-refractivity contribution >= 4 is 11.3 Å². The summed E-state index contributed by atoms with van der Waals surface area (Å²) in [6.45, 7) is 7.85. The minimum Gasteiger partial charge on any atom is -0.348 e. The van der Waals surface area contributed by atoms with Crippen molar-refractivity contribution in [2.45, 2.75) is 52.6 Å². The van der Waals surface area contributed by atoms with Crippen molar-refractivity contribution in [3.05, 3.63) is 39.6 Å². The van der Waals surface area contributed by atoms with Crippen LogP contribution in [0.3, 0.4) is 0 Å². The van der Waals surface area contributed by atoms with Gasteiger partial charge in [-0.25, -0.2) is 4.98 Å². The molecule has 0 fully saturated rings. The van der Waals surface area contributed by atoms with Gasteiger partial charge in [-0.2, -0.15) is 0 Å². The molecular formula is C16H23N3S. The highest BCUT2D eigenvalue weighted by molar-refractivity contribution is 7.09. The molecule has 1 atom stereocenters. The molecule has 0 radical (unpaired) electrons. The average Bonchev–Trinajstić information content (AvgIpc) is 2.94. The summed E-state index contributed by atoms with van der Waals surface area (Å²) in [5.74, 6) is 0. The summed E-state index contributed by atoms with van der Waals surface area (Å²) in [6, 6.07) is 2.48. The highest BCUT2D eigenvalue weighted by atomic mass is 32.1. The van der Waals surface area contributed by atoms with E-state index in [1.54, 1.807) is 11.3 Å². The Labute approximate surface area is 124 Å². The first-order valence-corrected chi connectivity index (χ1v) is 8.17. The highest BCUT2D eigenvalue weighted by Gasteiger charge is 2.33. The van der Waals surface area contributed by atoms with Crippen LogP contribution < -0.4 is 5.73 Å². The van der Waals surface area contributed by atoms with E-state index in [2.05, 4.69) is 36.4 Å². The van der Waals surface area contributed by atoms with Gasteiger partial charge in [-0.05, 0) is 36.8 Å². The van der Waals surface area contributed by atoms with Crippen molar-refractivity contribution in [2.24, 2.45) is 11.1 Å². The highest BCUT2D eigenvalue weighted by Crippen LogP contribution is 2.40. The van der Waals surface area contributed by atoms with Gasteiger partial charge in [0.05, 0.1) is 5.01 Å². The Hall–Kier alpha value is -1.13. The Morgan fingerprint density at radius 1 is 1.50 bits per heavy atom. The molecule has 2 aromatic rings. The summed E-state index contributed by atoms with van der Waals surface area (Å²) >= 11 is 1.74. The Balaban J connectivity index is 1.88. The van der Waals surface area contributed by atoms with Crippen LogP contribution >= 0.6 is 11.3 Å². The van der Waals surface area contributed by atoms with Crippen molar-refractivity contribution in [1.29, 1.82) is 0 Å². The second-order valence-electron chi connectivity index (χ2n) is 6.67. The van der Waals surface area contributed by atoms with Gasteiger partial charge >= 0.3 is 0 Å². The summed E-state index contributed by atoms with van der Waals surface area (Å²) in [5, 5.41) is 3.26. The maximum atomic E-state index is 6.37. The number of aryl methyl sites for hydroxylation is 2. The topological polar surface area (TPSA) is 43.8 Å². The zero-order valence-corrected chi connectivity index (χ0v) is 13.3. The van der Waals surface area contributed by atoms with Gasteiger partial charge in [-0.3, -0.25) is 0 Å². The number of aromatic nitrogens is 2. The van der Waals surface area contributed by atoms with Crippen LogP contribution in [0.4, 0.5) is 0 Å². The van der Waals surface area contributed by atoms with E-state index < -0.39 is 0 Å². The summed E-state index contributed by atoms with van der Waals surface area (Å²) in [5.41, 5.74) is 10.8. The van der Waals surface area contributed by atoms with Crippen LogP contribution in [0, 0.1) is 12.3 Å². The quantitative estimate of drug-likeness (QED) is 0.940. The zero-order valence-electron chi connectivity index (χ0n) is 12.5. The standard InChI is InChI=1S/C16H23N3S/c1-11-8-12-13(17)9-16(2,3)10-14(12)19(11)6-4-15-18-5-7-20-15/h5,7-8,13H,4,6,9-10,17H2,1-3H3. The molecule has 3 nitrogen and oxygen atoms in total. The molecule has 0 bridgehead atoms. The molecule has 108 valence electrons. The molecule has 1 aliphatic rings. The van der Waals surface area contributed by atoms with E-state index in [0.717, 1.165) is 25.8 Å². The number of nitrogens with zero attached hydrogens (tertiary/aromatic N) is 2. The Bertz CT molecular complexity index is 596. The second-order valence-corrected chi connectivity index (χ2v) is 7.65. The molecule has 4 heteroatoms. The van der Waals surface area contributed by atoms with E-state index in [0.29, 0.717) is 5.41 Å². The van der Waals surface area contributed by atoms with Crippen LogP contribution in [0.2, 0.25) is 0 Å². The molecule has 2 N–H and O–H groups in total. The predicted molar refractivity (Wildman–Crippen MR) is 84.0 cm³/mol. The lowest BCUT2D eigenvalue weighted by Gasteiger charge is -2.34. The molecule has 3 rings (SSSR count). The third-order valence-electron chi connectivity index (χ3n) is 4.30. The molecule has 1 unspecified atom stereocenters. The normalized spacial score (nSPS) is 20.9. The maximum absolute atomic E-state index is 6.37. The van der Waals surface area contributed by atoms with Gasteiger partial charge in [0.1, 0.15) is 0 Å². The summed E-state index contributed by atoms with van der Waals surface area (Å²) in [6.07, 6.45) is 5.10. The van der Waals surface area contributed by atoms with Gasteiger partial charge in [0.25, 0.3) is 0 Å². The van der Waals surface area contributed by atoms with Gasteiger partial charge in [0.15, 0.2) is 0 Å². The number of fused-ring (bicyclic) bond motifs is 1. The monoisotopic (exact) mass is 289 g/mol. The van der Waals surface area contributed by atoms with Gasteiger partial charge in [0.2, 0.25) is 0 Å². The lowest BCUT2D eigenvalue weighted by molar-refractivity contribution is 0.275. The Morgan fingerprint density at radius 2 is 2.30 bits per heavy atom. The second kappa shape index (κ2) is 5.01.